The maximum absolute atomic E-state index is 11.8. The van der Waals surface area contributed by atoms with Gasteiger partial charge in [0.05, 0.1) is 6.04 Å². The van der Waals surface area contributed by atoms with Gasteiger partial charge in [-0.25, -0.2) is 0 Å². The van der Waals surface area contributed by atoms with Crippen molar-refractivity contribution < 1.29 is 40.2 Å². The van der Waals surface area contributed by atoms with Crippen LogP contribution in [0.25, 0.3) is 0 Å². The molecule has 0 aromatic heterocycles. The van der Waals surface area contributed by atoms with Gasteiger partial charge in [-0.2, -0.15) is 0 Å². The predicted molar refractivity (Wildman–Crippen MR) is 74.4 cm³/mol. The molecule has 2 unspecified atom stereocenters. The third kappa shape index (κ3) is 9.64. The fourth-order valence-electron chi connectivity index (χ4n) is 1.73. The van der Waals surface area contributed by atoms with E-state index in [1.807, 2.05) is 0 Å². The van der Waals surface area contributed by atoms with E-state index in [1.165, 1.54) is 13.8 Å². The average Bonchev–Trinajstić information content (AvgIpc) is 2.38. The summed E-state index contributed by atoms with van der Waals surface area (Å²) in [5, 5.41) is 5.02. The van der Waals surface area contributed by atoms with E-state index in [0.717, 1.165) is 0 Å². The van der Waals surface area contributed by atoms with Crippen LogP contribution < -0.4 is 10.6 Å². The number of ketones is 3. The summed E-state index contributed by atoms with van der Waals surface area (Å²) in [6, 6.07) is -1.30. The third-order valence-corrected chi connectivity index (χ3v) is 2.89. The van der Waals surface area contributed by atoms with Crippen molar-refractivity contribution >= 4 is 23.3 Å². The minimum Gasteiger partial charge on any atom is -0.464 e. The van der Waals surface area contributed by atoms with Gasteiger partial charge in [0, 0.05) is 25.8 Å². The summed E-state index contributed by atoms with van der Waals surface area (Å²) in [5.74, 6) is -0.870. The minimum atomic E-state index is -0.697. The molecule has 21 heavy (non-hydrogen) atoms. The Kier molecular flexibility index (Phi) is 12.5. The Morgan fingerprint density at radius 1 is 1.10 bits per heavy atom. The first kappa shape index (κ1) is 22.4. The van der Waals surface area contributed by atoms with Gasteiger partial charge in [0.15, 0.2) is 0 Å². The van der Waals surface area contributed by atoms with E-state index in [2.05, 4.69) is 24.6 Å². The Hall–Kier alpha value is -0.872. The van der Waals surface area contributed by atoms with Crippen molar-refractivity contribution in [1.82, 2.24) is 10.6 Å². The maximum Gasteiger partial charge on any atom is 2.00 e. The zero-order valence-corrected chi connectivity index (χ0v) is 15.4. The van der Waals surface area contributed by atoms with Crippen molar-refractivity contribution in [1.29, 1.82) is 0 Å². The van der Waals surface area contributed by atoms with Crippen LogP contribution in [0.5, 0.6) is 0 Å². The van der Waals surface area contributed by atoms with Gasteiger partial charge in [-0.3, -0.25) is 21.4 Å². The van der Waals surface area contributed by atoms with Gasteiger partial charge in [0.2, 0.25) is 5.91 Å². The summed E-state index contributed by atoms with van der Waals surface area (Å²) in [6.07, 6.45) is 0.413. The van der Waals surface area contributed by atoms with Crippen LogP contribution in [-0.4, -0.2) is 35.3 Å². The molecule has 6 nitrogen and oxygen atoms in total. The molecule has 2 N–H and O–H groups in total. The van der Waals surface area contributed by atoms with Crippen LogP contribution in [0.3, 0.4) is 0 Å². The van der Waals surface area contributed by atoms with E-state index in [1.54, 1.807) is 0 Å². The first-order chi connectivity index (χ1) is 9.31. The van der Waals surface area contributed by atoms with Gasteiger partial charge in [-0.05, 0) is 13.3 Å². The summed E-state index contributed by atoms with van der Waals surface area (Å²) in [7, 11) is 3.39. The molecular weight excluding hydrogens is 444 g/mol. The van der Waals surface area contributed by atoms with Crippen LogP contribution in [0.2, 0.25) is 0 Å². The van der Waals surface area contributed by atoms with Gasteiger partial charge in [0.1, 0.15) is 17.3 Å². The largest absolute Gasteiger partial charge is 2.00 e. The molecule has 0 aromatic carbocycles. The van der Waals surface area contributed by atoms with Gasteiger partial charge < -0.3 is 22.4 Å². The fourth-order valence-corrected chi connectivity index (χ4v) is 1.73. The molecule has 118 valence electrons. The van der Waals surface area contributed by atoms with Gasteiger partial charge >= 0.3 is 21.1 Å². The van der Waals surface area contributed by atoms with Crippen LogP contribution in [0.1, 0.15) is 39.5 Å². The molecular formula is C14H22N2O4W. The van der Waals surface area contributed by atoms with E-state index in [9.17, 15) is 19.2 Å². The normalized spacial score (nSPS) is 12.8. The molecule has 0 spiro atoms. The quantitative estimate of drug-likeness (QED) is 0.454. The fraction of sp³-hybridized carbons (Fsp3) is 0.571. The molecule has 0 fully saturated rings. The van der Waals surface area contributed by atoms with Crippen LogP contribution in [0.15, 0.2) is 0 Å². The van der Waals surface area contributed by atoms with E-state index >= 15 is 0 Å². The molecule has 0 saturated heterocycles. The second kappa shape index (κ2) is 11.8. The Morgan fingerprint density at radius 2 is 1.67 bits per heavy atom. The molecule has 0 aliphatic rings. The molecule has 0 bridgehead atoms. The van der Waals surface area contributed by atoms with E-state index in [4.69, 9.17) is 0 Å². The standard InChI is InChI=1S/C14H22N2O4.W/c1-5-14(20)12(16-10(3)18)7-6-11(19)8-13(15-4)9(2)17;/h12-13,15H,1,4-8H2,2-3H3,(H,16,18);/q-2;+2. The zero-order chi connectivity index (χ0) is 15.7. The van der Waals surface area contributed by atoms with Gasteiger partial charge in [-0.1, -0.05) is 0 Å². The maximum atomic E-state index is 11.8. The van der Waals surface area contributed by atoms with Gasteiger partial charge in [0.25, 0.3) is 0 Å². The number of hydrogen-bond acceptors (Lipinski definition) is 5. The van der Waals surface area contributed by atoms with Crippen molar-refractivity contribution in [3.63, 3.8) is 0 Å². The van der Waals surface area contributed by atoms with Crippen molar-refractivity contribution in [3.05, 3.63) is 14.0 Å². The van der Waals surface area contributed by atoms with Crippen molar-refractivity contribution in [2.24, 2.45) is 0 Å². The molecule has 0 aliphatic carbocycles. The van der Waals surface area contributed by atoms with E-state index < -0.39 is 12.1 Å². The third-order valence-electron chi connectivity index (χ3n) is 2.89. The van der Waals surface area contributed by atoms with Crippen molar-refractivity contribution in [2.75, 3.05) is 0 Å². The first-order valence-corrected chi connectivity index (χ1v) is 6.45. The molecule has 0 radical (unpaired) electrons. The van der Waals surface area contributed by atoms with Crippen LogP contribution >= 0.6 is 0 Å². The second-order valence-corrected chi connectivity index (χ2v) is 4.62. The number of nitrogens with one attached hydrogen (secondary N) is 2. The van der Waals surface area contributed by atoms with Gasteiger partial charge in [-0.15, -0.1) is 6.42 Å². The second-order valence-electron chi connectivity index (χ2n) is 4.62. The number of hydrogen-bond donors (Lipinski definition) is 2. The van der Waals surface area contributed by atoms with Crippen molar-refractivity contribution in [3.8, 4) is 0 Å². The summed E-state index contributed by atoms with van der Waals surface area (Å²) in [4.78, 5) is 45.5. The molecule has 0 aromatic rings. The molecule has 0 aliphatic heterocycles. The molecule has 2 atom stereocenters. The summed E-state index contributed by atoms with van der Waals surface area (Å²) in [5.41, 5.74) is 0. The Bertz CT molecular complexity index is 385. The zero-order valence-electron chi connectivity index (χ0n) is 12.4. The number of carbonyl (C=O) groups excluding carboxylic acids is 4. The topological polar surface area (TPSA) is 92.3 Å². The van der Waals surface area contributed by atoms with E-state index in [0.29, 0.717) is 0 Å². The van der Waals surface area contributed by atoms with Crippen LogP contribution in [-0.2, 0) is 40.2 Å². The smallest absolute Gasteiger partial charge is 0.464 e. The predicted octanol–water partition coefficient (Wildman–Crippen LogP) is 0.360. The number of rotatable bonds is 10. The van der Waals surface area contributed by atoms with Crippen LogP contribution in [0, 0.1) is 14.0 Å². The Labute approximate surface area is 140 Å². The molecule has 0 heterocycles. The number of amides is 1. The molecule has 0 rings (SSSR count). The number of carbonyl (C=O) groups is 4. The Balaban J connectivity index is 0. The average molecular weight is 466 g/mol. The van der Waals surface area contributed by atoms with E-state index in [-0.39, 0.29) is 70.0 Å². The minimum absolute atomic E-state index is 0. The number of Topliss-reactive ketones (excluding diaryl/α,β-unsaturated/α-hetero) is 3. The molecule has 7 heteroatoms. The molecule has 0 saturated carbocycles. The summed E-state index contributed by atoms with van der Waals surface area (Å²) in [6.45, 7) is 6.16. The molecule has 1 amide bonds. The first-order valence-electron chi connectivity index (χ1n) is 6.45. The SMILES string of the molecule is [CH2-]CC(=O)C(CCC(=O)CC(N[CH2-])C(C)=O)NC(C)=O.[W+2]. The van der Waals surface area contributed by atoms with Crippen LogP contribution in [0.4, 0.5) is 0 Å². The summed E-state index contributed by atoms with van der Waals surface area (Å²) >= 11 is 0. The monoisotopic (exact) mass is 466 g/mol. The van der Waals surface area contributed by atoms with Crippen molar-refractivity contribution in [2.45, 2.75) is 51.6 Å². The summed E-state index contributed by atoms with van der Waals surface area (Å²) < 4.78 is 0. The Morgan fingerprint density at radius 3 is 2.05 bits per heavy atom.